The van der Waals surface area contributed by atoms with Crippen molar-refractivity contribution in [3.63, 3.8) is 0 Å². The Morgan fingerprint density at radius 3 is 2.76 bits per heavy atom. The molecule has 0 radical (unpaired) electrons. The maximum atomic E-state index is 11.7. The number of para-hydroxylation sites is 1. The quantitative estimate of drug-likeness (QED) is 0.670. The van der Waals surface area contributed by atoms with Crippen LogP contribution >= 0.6 is 11.3 Å². The van der Waals surface area contributed by atoms with E-state index in [-0.39, 0.29) is 4.88 Å². The SMILES string of the molecule is O=C(O)c1cc2c(=O)oc3ccccc3c2s1. The molecule has 84 valence electrons. The van der Waals surface area contributed by atoms with Crippen LogP contribution in [0.4, 0.5) is 0 Å². The molecule has 0 fully saturated rings. The molecule has 2 aromatic heterocycles. The van der Waals surface area contributed by atoms with Gasteiger partial charge in [0.2, 0.25) is 0 Å². The summed E-state index contributed by atoms with van der Waals surface area (Å²) in [5.41, 5.74) is -0.0220. The van der Waals surface area contributed by atoms with Gasteiger partial charge in [-0.2, -0.15) is 0 Å². The van der Waals surface area contributed by atoms with E-state index in [1.807, 2.05) is 12.1 Å². The third-order valence-corrected chi connectivity index (χ3v) is 3.65. The Balaban J connectivity index is 2.56. The van der Waals surface area contributed by atoms with E-state index < -0.39 is 11.6 Å². The van der Waals surface area contributed by atoms with Crippen LogP contribution in [0.1, 0.15) is 9.67 Å². The topological polar surface area (TPSA) is 67.5 Å². The van der Waals surface area contributed by atoms with E-state index in [4.69, 9.17) is 9.52 Å². The number of rotatable bonds is 1. The summed E-state index contributed by atoms with van der Waals surface area (Å²) >= 11 is 1.09. The maximum absolute atomic E-state index is 11.7. The molecule has 0 unspecified atom stereocenters. The molecule has 3 aromatic rings. The van der Waals surface area contributed by atoms with E-state index in [1.165, 1.54) is 6.07 Å². The monoisotopic (exact) mass is 246 g/mol. The molecule has 3 rings (SSSR count). The number of hydrogen-bond donors (Lipinski definition) is 1. The van der Waals surface area contributed by atoms with Crippen molar-refractivity contribution in [3.8, 4) is 0 Å². The van der Waals surface area contributed by atoms with Crippen LogP contribution in [0.15, 0.2) is 39.5 Å². The van der Waals surface area contributed by atoms with Crippen LogP contribution in [0.3, 0.4) is 0 Å². The van der Waals surface area contributed by atoms with E-state index in [9.17, 15) is 9.59 Å². The number of carboxylic acid groups (broad SMARTS) is 1. The van der Waals surface area contributed by atoms with Crippen molar-refractivity contribution in [2.75, 3.05) is 0 Å². The van der Waals surface area contributed by atoms with Gasteiger partial charge >= 0.3 is 11.6 Å². The molecule has 0 bridgehead atoms. The van der Waals surface area contributed by atoms with E-state index in [0.717, 1.165) is 16.7 Å². The predicted molar refractivity (Wildman–Crippen MR) is 64.8 cm³/mol. The van der Waals surface area contributed by atoms with Crippen LogP contribution in [0.25, 0.3) is 21.1 Å². The lowest BCUT2D eigenvalue weighted by Crippen LogP contribution is -1.97. The molecule has 0 saturated carbocycles. The number of fused-ring (bicyclic) bond motifs is 3. The molecular formula is C12H6O4S. The highest BCUT2D eigenvalue weighted by Crippen LogP contribution is 2.30. The first-order valence-corrected chi connectivity index (χ1v) is 5.67. The smallest absolute Gasteiger partial charge is 0.345 e. The van der Waals surface area contributed by atoms with Gasteiger partial charge in [-0.05, 0) is 18.2 Å². The average Bonchev–Trinajstić information content (AvgIpc) is 2.75. The van der Waals surface area contributed by atoms with Crippen molar-refractivity contribution in [1.29, 1.82) is 0 Å². The number of aromatic carboxylic acids is 1. The Hall–Kier alpha value is -2.14. The molecule has 1 N–H and O–H groups in total. The van der Waals surface area contributed by atoms with E-state index in [1.54, 1.807) is 12.1 Å². The van der Waals surface area contributed by atoms with Crippen LogP contribution in [0, 0.1) is 0 Å². The van der Waals surface area contributed by atoms with Gasteiger partial charge in [-0.15, -0.1) is 11.3 Å². The number of carbonyl (C=O) groups is 1. The zero-order valence-corrected chi connectivity index (χ0v) is 9.28. The molecular weight excluding hydrogens is 240 g/mol. The van der Waals surface area contributed by atoms with Crippen LogP contribution < -0.4 is 5.63 Å². The third-order valence-electron chi connectivity index (χ3n) is 2.50. The molecule has 0 aliphatic carbocycles. The zero-order valence-electron chi connectivity index (χ0n) is 8.47. The minimum Gasteiger partial charge on any atom is -0.477 e. The highest BCUT2D eigenvalue weighted by Gasteiger charge is 2.14. The summed E-state index contributed by atoms with van der Waals surface area (Å²) in [5, 5.41) is 10.0. The molecule has 0 amide bonds. The largest absolute Gasteiger partial charge is 0.477 e. The lowest BCUT2D eigenvalue weighted by atomic mass is 10.2. The minimum atomic E-state index is -1.03. The maximum Gasteiger partial charge on any atom is 0.345 e. The Morgan fingerprint density at radius 1 is 1.24 bits per heavy atom. The van der Waals surface area contributed by atoms with Gasteiger partial charge in [0.05, 0.1) is 10.1 Å². The van der Waals surface area contributed by atoms with Crippen molar-refractivity contribution in [3.05, 3.63) is 45.6 Å². The average molecular weight is 246 g/mol. The zero-order chi connectivity index (χ0) is 12.0. The number of carboxylic acids is 1. The normalized spacial score (nSPS) is 11.1. The van der Waals surface area contributed by atoms with Crippen molar-refractivity contribution < 1.29 is 14.3 Å². The number of hydrogen-bond acceptors (Lipinski definition) is 4. The van der Waals surface area contributed by atoms with Gasteiger partial charge in [-0.1, -0.05) is 12.1 Å². The first kappa shape index (κ1) is 10.0. The molecule has 0 atom stereocenters. The van der Waals surface area contributed by atoms with E-state index >= 15 is 0 Å². The van der Waals surface area contributed by atoms with Gasteiger partial charge < -0.3 is 9.52 Å². The fraction of sp³-hybridized carbons (Fsp3) is 0. The second-order valence-corrected chi connectivity index (χ2v) is 4.60. The summed E-state index contributed by atoms with van der Waals surface area (Å²) < 4.78 is 5.79. The van der Waals surface area contributed by atoms with Crippen molar-refractivity contribution in [2.45, 2.75) is 0 Å². The fourth-order valence-corrected chi connectivity index (χ4v) is 2.76. The molecule has 4 nitrogen and oxygen atoms in total. The summed E-state index contributed by atoms with van der Waals surface area (Å²) in [6.45, 7) is 0. The van der Waals surface area contributed by atoms with Crippen LogP contribution in [0.5, 0.6) is 0 Å². The summed E-state index contributed by atoms with van der Waals surface area (Å²) in [7, 11) is 0. The van der Waals surface area contributed by atoms with Crippen LogP contribution in [-0.4, -0.2) is 11.1 Å². The van der Waals surface area contributed by atoms with Gasteiger partial charge in [0, 0.05) is 5.39 Å². The molecule has 0 aliphatic rings. The number of thiophene rings is 1. The number of benzene rings is 1. The van der Waals surface area contributed by atoms with Gasteiger partial charge in [-0.25, -0.2) is 9.59 Å². The lowest BCUT2D eigenvalue weighted by Gasteiger charge is -1.95. The first-order valence-electron chi connectivity index (χ1n) is 4.85. The molecule has 17 heavy (non-hydrogen) atoms. The summed E-state index contributed by atoms with van der Waals surface area (Å²) in [4.78, 5) is 22.7. The molecule has 1 aromatic carbocycles. The molecule has 2 heterocycles. The molecule has 0 saturated heterocycles. The van der Waals surface area contributed by atoms with Crippen LogP contribution in [0.2, 0.25) is 0 Å². The van der Waals surface area contributed by atoms with E-state index in [0.29, 0.717) is 15.7 Å². The van der Waals surface area contributed by atoms with Gasteiger partial charge in [0.1, 0.15) is 10.5 Å². The minimum absolute atomic E-state index is 0.142. The van der Waals surface area contributed by atoms with Gasteiger partial charge in [-0.3, -0.25) is 0 Å². The standard InChI is InChI=1S/C12H6O4S/c13-11(14)9-5-7-10(17-9)6-3-1-2-4-8(6)16-12(7)15/h1-5H,(H,13,14). The summed E-state index contributed by atoms with van der Waals surface area (Å²) in [6, 6.07) is 8.45. The van der Waals surface area contributed by atoms with Crippen molar-refractivity contribution in [2.24, 2.45) is 0 Å². The van der Waals surface area contributed by atoms with Gasteiger partial charge in [0.15, 0.2) is 0 Å². The van der Waals surface area contributed by atoms with Gasteiger partial charge in [0.25, 0.3) is 0 Å². The summed E-state index contributed by atoms with van der Waals surface area (Å²) in [6.07, 6.45) is 0. The fourth-order valence-electron chi connectivity index (χ4n) is 1.75. The Bertz CT molecular complexity index is 797. The lowest BCUT2D eigenvalue weighted by molar-refractivity contribution is 0.0702. The predicted octanol–water partition coefficient (Wildman–Crippen LogP) is 2.71. The second-order valence-electron chi connectivity index (χ2n) is 3.54. The molecule has 0 aliphatic heterocycles. The Morgan fingerprint density at radius 2 is 2.00 bits per heavy atom. The molecule has 5 heteroatoms. The van der Waals surface area contributed by atoms with Crippen LogP contribution in [-0.2, 0) is 0 Å². The van der Waals surface area contributed by atoms with E-state index in [2.05, 4.69) is 0 Å². The second kappa shape index (κ2) is 3.43. The Kier molecular flexibility index (Phi) is 2.02. The van der Waals surface area contributed by atoms with Crippen molar-refractivity contribution >= 4 is 38.4 Å². The van der Waals surface area contributed by atoms with Crippen molar-refractivity contribution in [1.82, 2.24) is 0 Å². The first-order chi connectivity index (χ1) is 8.16. The highest BCUT2D eigenvalue weighted by molar-refractivity contribution is 7.21. The molecule has 0 spiro atoms. The third kappa shape index (κ3) is 1.43. The summed E-state index contributed by atoms with van der Waals surface area (Å²) in [5.74, 6) is -1.03. The Labute approximate surface area is 98.7 Å². The highest BCUT2D eigenvalue weighted by atomic mass is 32.1.